The van der Waals surface area contributed by atoms with E-state index in [0.29, 0.717) is 0 Å². The van der Waals surface area contributed by atoms with E-state index >= 15 is 0 Å². The molecule has 27 heavy (non-hydrogen) atoms. The summed E-state index contributed by atoms with van der Waals surface area (Å²) in [6.45, 7) is 5.91. The number of ether oxygens (including phenoxy) is 2. The molecule has 0 aliphatic rings. The first-order valence-electron chi connectivity index (χ1n) is 7.84. The van der Waals surface area contributed by atoms with Crippen molar-refractivity contribution in [2.24, 2.45) is 0 Å². The Kier molecular flexibility index (Phi) is 10.5. The monoisotopic (exact) mass is 434 g/mol. The molecule has 160 valence electrons. The normalized spacial score (nSPS) is 12.4. The largest absolute Gasteiger partial charge is 0.464 e. The third kappa shape index (κ3) is 10.9. The van der Waals surface area contributed by atoms with Gasteiger partial charge in [-0.3, -0.25) is 0 Å². The predicted molar refractivity (Wildman–Crippen MR) is 94.4 cm³/mol. The molecule has 2 amide bonds. The third-order valence-electron chi connectivity index (χ3n) is 2.73. The van der Waals surface area contributed by atoms with Crippen LogP contribution in [0.5, 0.6) is 0 Å². The smallest absolute Gasteiger partial charge is 0.422 e. The van der Waals surface area contributed by atoms with Gasteiger partial charge in [0.25, 0.3) is 0 Å². The number of nitrogens with zero attached hydrogens (tertiary/aromatic N) is 1. The van der Waals surface area contributed by atoms with Crippen LogP contribution in [0.3, 0.4) is 0 Å². The van der Waals surface area contributed by atoms with Gasteiger partial charge in [0, 0.05) is 18.6 Å². The Labute approximate surface area is 158 Å². The molecule has 0 saturated carbocycles. The summed E-state index contributed by atoms with van der Waals surface area (Å²) in [6, 6.07) is -0.726. The average Bonchev–Trinajstić information content (AvgIpc) is 2.42. The fourth-order valence-corrected chi connectivity index (χ4v) is 4.17. The summed E-state index contributed by atoms with van der Waals surface area (Å²) >= 11 is 0. The maximum Gasteiger partial charge on any atom is 0.422 e. The lowest BCUT2D eigenvalue weighted by atomic mass is 10.3. The second kappa shape index (κ2) is 11.2. The maximum absolute atomic E-state index is 12.1. The molecule has 4 N–H and O–H groups in total. The SMILES string of the molecule is CC(C)N(C(C)C)S(=O)(=O)NC(=O)OCCOCCNS(=O)(=O)NC(=O)O. The van der Waals surface area contributed by atoms with E-state index in [1.165, 1.54) is 4.72 Å². The Hall–Kier alpha value is -1.68. The number of carbonyl (C=O) groups excluding carboxylic acids is 1. The molecule has 0 bridgehead atoms. The molecule has 0 heterocycles. The first-order valence-corrected chi connectivity index (χ1v) is 10.8. The fourth-order valence-electron chi connectivity index (χ4n) is 2.03. The fraction of sp³-hybridized carbons (Fsp3) is 0.833. The summed E-state index contributed by atoms with van der Waals surface area (Å²) in [5.41, 5.74) is 0. The van der Waals surface area contributed by atoms with Crippen molar-refractivity contribution in [1.82, 2.24) is 18.5 Å². The molecule has 0 radical (unpaired) electrons. The van der Waals surface area contributed by atoms with Crippen LogP contribution in [0.1, 0.15) is 27.7 Å². The predicted octanol–water partition coefficient (Wildman–Crippen LogP) is -0.805. The van der Waals surface area contributed by atoms with E-state index in [1.54, 1.807) is 32.4 Å². The van der Waals surface area contributed by atoms with Crippen LogP contribution >= 0.6 is 0 Å². The van der Waals surface area contributed by atoms with Crippen LogP contribution in [0.25, 0.3) is 0 Å². The van der Waals surface area contributed by atoms with Gasteiger partial charge in [-0.1, -0.05) is 0 Å². The Morgan fingerprint density at radius 2 is 1.52 bits per heavy atom. The Morgan fingerprint density at radius 1 is 0.963 bits per heavy atom. The average molecular weight is 434 g/mol. The highest BCUT2D eigenvalue weighted by atomic mass is 32.2. The highest BCUT2D eigenvalue weighted by molar-refractivity contribution is 7.88. The van der Waals surface area contributed by atoms with Crippen molar-refractivity contribution in [3.63, 3.8) is 0 Å². The highest BCUT2D eigenvalue weighted by Crippen LogP contribution is 2.10. The van der Waals surface area contributed by atoms with Crippen LogP contribution < -0.4 is 14.2 Å². The third-order valence-corrected chi connectivity index (χ3v) is 5.58. The van der Waals surface area contributed by atoms with Crippen LogP contribution in [0, 0.1) is 0 Å². The summed E-state index contributed by atoms with van der Waals surface area (Å²) in [6.07, 6.45) is -2.90. The van der Waals surface area contributed by atoms with Crippen molar-refractivity contribution in [1.29, 1.82) is 0 Å². The topological polar surface area (TPSA) is 180 Å². The Bertz CT molecular complexity index is 684. The van der Waals surface area contributed by atoms with Crippen molar-refractivity contribution >= 4 is 32.6 Å². The van der Waals surface area contributed by atoms with Crippen molar-refractivity contribution in [2.45, 2.75) is 39.8 Å². The molecule has 0 aromatic heterocycles. The van der Waals surface area contributed by atoms with Crippen molar-refractivity contribution < 1.29 is 41.0 Å². The molecule has 0 saturated heterocycles. The summed E-state index contributed by atoms with van der Waals surface area (Å²) in [5, 5.41) is 8.29. The van der Waals surface area contributed by atoms with Crippen molar-refractivity contribution in [3.8, 4) is 0 Å². The number of nitrogens with one attached hydrogen (secondary N) is 3. The summed E-state index contributed by atoms with van der Waals surface area (Å²) < 4.78 is 62.2. The van der Waals surface area contributed by atoms with E-state index in [4.69, 9.17) is 9.84 Å². The zero-order chi connectivity index (χ0) is 21.3. The number of hydrogen-bond donors (Lipinski definition) is 4. The van der Waals surface area contributed by atoms with Crippen molar-refractivity contribution in [2.75, 3.05) is 26.4 Å². The molecule has 0 rings (SSSR count). The van der Waals surface area contributed by atoms with Gasteiger partial charge in [-0.15, -0.1) is 0 Å². The molecule has 0 spiro atoms. The molecule has 0 aromatic carbocycles. The first kappa shape index (κ1) is 25.3. The highest BCUT2D eigenvalue weighted by Gasteiger charge is 2.29. The molecule has 0 fully saturated rings. The van der Waals surface area contributed by atoms with E-state index < -0.39 is 32.6 Å². The molecular formula is C12H26N4O9S2. The van der Waals surface area contributed by atoms with E-state index in [-0.39, 0.29) is 38.4 Å². The molecule has 0 atom stereocenters. The van der Waals surface area contributed by atoms with Gasteiger partial charge in [-0.05, 0) is 27.7 Å². The van der Waals surface area contributed by atoms with Crippen LogP contribution in [0.2, 0.25) is 0 Å². The van der Waals surface area contributed by atoms with Gasteiger partial charge in [0.1, 0.15) is 6.61 Å². The zero-order valence-electron chi connectivity index (χ0n) is 15.5. The molecule has 0 unspecified atom stereocenters. The standard InChI is InChI=1S/C12H26N4O9S2/c1-9(2)16(10(3)4)27(22,23)15-12(19)25-8-7-24-6-5-13-26(20,21)14-11(17)18/h9-10,13-14H,5-8H2,1-4H3,(H,15,19)(H,17,18). The zero-order valence-corrected chi connectivity index (χ0v) is 17.1. The van der Waals surface area contributed by atoms with Crippen LogP contribution in [0.15, 0.2) is 0 Å². The van der Waals surface area contributed by atoms with Gasteiger partial charge in [-0.2, -0.15) is 25.9 Å². The molecular weight excluding hydrogens is 408 g/mol. The second-order valence-electron chi connectivity index (χ2n) is 5.68. The minimum atomic E-state index is -4.18. The number of amides is 2. The summed E-state index contributed by atoms with van der Waals surface area (Å²) in [7, 11) is -8.24. The van der Waals surface area contributed by atoms with Gasteiger partial charge >= 0.3 is 32.6 Å². The Morgan fingerprint density at radius 3 is 2.00 bits per heavy atom. The first-order chi connectivity index (χ1) is 12.3. The molecule has 0 aromatic rings. The van der Waals surface area contributed by atoms with Crippen LogP contribution in [0.4, 0.5) is 9.59 Å². The van der Waals surface area contributed by atoms with Gasteiger partial charge in [0.2, 0.25) is 0 Å². The summed E-state index contributed by atoms with van der Waals surface area (Å²) in [5.74, 6) is 0. The lowest BCUT2D eigenvalue weighted by Gasteiger charge is -2.28. The van der Waals surface area contributed by atoms with Crippen molar-refractivity contribution in [3.05, 3.63) is 0 Å². The summed E-state index contributed by atoms with van der Waals surface area (Å²) in [4.78, 5) is 21.8. The molecule has 0 aliphatic heterocycles. The second-order valence-corrected chi connectivity index (χ2v) is 8.75. The van der Waals surface area contributed by atoms with E-state index in [0.717, 1.165) is 4.31 Å². The Balaban J connectivity index is 4.13. The van der Waals surface area contributed by atoms with Gasteiger partial charge in [-0.25, -0.2) is 19.0 Å². The van der Waals surface area contributed by atoms with E-state index in [2.05, 4.69) is 4.74 Å². The van der Waals surface area contributed by atoms with Crippen LogP contribution in [-0.4, -0.2) is 76.9 Å². The lowest BCUT2D eigenvalue weighted by molar-refractivity contribution is 0.0774. The maximum atomic E-state index is 12.1. The van der Waals surface area contributed by atoms with Crippen LogP contribution in [-0.2, 0) is 29.9 Å². The minimum absolute atomic E-state index is 0.125. The quantitative estimate of drug-likeness (QED) is 0.286. The number of rotatable bonds is 12. The number of carbonyl (C=O) groups is 2. The van der Waals surface area contributed by atoms with Gasteiger partial charge in [0.15, 0.2) is 0 Å². The minimum Gasteiger partial charge on any atom is -0.464 e. The molecule has 0 aliphatic carbocycles. The molecule has 15 heteroatoms. The van der Waals surface area contributed by atoms with E-state index in [9.17, 15) is 26.4 Å². The molecule has 13 nitrogen and oxygen atoms in total. The van der Waals surface area contributed by atoms with Gasteiger partial charge in [0.05, 0.1) is 13.2 Å². The van der Waals surface area contributed by atoms with Gasteiger partial charge < -0.3 is 14.6 Å². The number of carboxylic acid groups (broad SMARTS) is 1. The lowest BCUT2D eigenvalue weighted by Crippen LogP contribution is -2.50. The number of hydrogen-bond acceptors (Lipinski definition) is 8. The van der Waals surface area contributed by atoms with E-state index in [1.807, 2.05) is 4.72 Å².